The number of hydrogen-bond donors (Lipinski definition) is 3. The van der Waals surface area contributed by atoms with Gasteiger partial charge in [-0.3, -0.25) is 4.79 Å². The second kappa shape index (κ2) is 7.37. The number of oxime groups is 1. The van der Waals surface area contributed by atoms with Gasteiger partial charge < -0.3 is 25.7 Å². The molecule has 4 N–H and O–H groups in total. The summed E-state index contributed by atoms with van der Waals surface area (Å²) in [6.45, 7) is 4.29. The van der Waals surface area contributed by atoms with E-state index in [0.717, 1.165) is 0 Å². The molecule has 0 fully saturated rings. The molecule has 7 heteroatoms. The Hall–Kier alpha value is -2.44. The average Bonchev–Trinajstić information content (AvgIpc) is 2.50. The number of ether oxygens (including phenoxy) is 1. The standard InChI is InChI=1S/C14H21N3O4/c1-4-17(8-9(2)13(15)16-20)14(19)11-6-5-10(21-3)7-12(11)18/h5-7,9,18,20H,4,8H2,1-3H3,(H2,15,16). The number of phenolic OH excluding ortho intramolecular Hbond substituents is 1. The van der Waals surface area contributed by atoms with Crippen LogP contribution in [0, 0.1) is 5.92 Å². The number of hydrogen-bond acceptors (Lipinski definition) is 5. The zero-order chi connectivity index (χ0) is 16.0. The van der Waals surface area contributed by atoms with Crippen molar-refractivity contribution in [3.63, 3.8) is 0 Å². The highest BCUT2D eigenvalue weighted by Crippen LogP contribution is 2.24. The van der Waals surface area contributed by atoms with E-state index in [1.54, 1.807) is 13.0 Å². The average molecular weight is 295 g/mol. The first-order valence-electron chi connectivity index (χ1n) is 6.58. The fourth-order valence-corrected chi connectivity index (χ4v) is 1.87. The third-order valence-corrected chi connectivity index (χ3v) is 3.22. The van der Waals surface area contributed by atoms with Crippen LogP contribution in [0.5, 0.6) is 11.5 Å². The van der Waals surface area contributed by atoms with Crippen molar-refractivity contribution < 1.29 is 19.8 Å². The van der Waals surface area contributed by atoms with Crippen LogP contribution in [-0.2, 0) is 0 Å². The highest BCUT2D eigenvalue weighted by Gasteiger charge is 2.21. The molecule has 0 bridgehead atoms. The van der Waals surface area contributed by atoms with E-state index in [-0.39, 0.29) is 35.5 Å². The summed E-state index contributed by atoms with van der Waals surface area (Å²) in [5, 5.41) is 21.5. The number of benzene rings is 1. The van der Waals surface area contributed by atoms with Crippen molar-refractivity contribution >= 4 is 11.7 Å². The first kappa shape index (κ1) is 16.6. The number of methoxy groups -OCH3 is 1. The van der Waals surface area contributed by atoms with Crippen LogP contribution < -0.4 is 10.5 Å². The fraction of sp³-hybridized carbons (Fsp3) is 0.429. The summed E-state index contributed by atoms with van der Waals surface area (Å²) >= 11 is 0. The largest absolute Gasteiger partial charge is 0.507 e. The van der Waals surface area contributed by atoms with Gasteiger partial charge in [0.05, 0.1) is 12.7 Å². The van der Waals surface area contributed by atoms with Crippen molar-refractivity contribution in [2.45, 2.75) is 13.8 Å². The van der Waals surface area contributed by atoms with E-state index in [0.29, 0.717) is 12.3 Å². The third-order valence-electron chi connectivity index (χ3n) is 3.22. The van der Waals surface area contributed by atoms with Gasteiger partial charge in [0, 0.05) is 25.1 Å². The van der Waals surface area contributed by atoms with Gasteiger partial charge in [0.15, 0.2) is 0 Å². The lowest BCUT2D eigenvalue weighted by Crippen LogP contribution is -2.38. The monoisotopic (exact) mass is 295 g/mol. The summed E-state index contributed by atoms with van der Waals surface area (Å²) in [7, 11) is 1.48. The number of rotatable bonds is 6. The molecule has 1 rings (SSSR count). The summed E-state index contributed by atoms with van der Waals surface area (Å²) in [5.74, 6) is -0.235. The van der Waals surface area contributed by atoms with Crippen molar-refractivity contribution in [2.24, 2.45) is 16.8 Å². The van der Waals surface area contributed by atoms with E-state index in [2.05, 4.69) is 5.16 Å². The Bertz CT molecular complexity index is 531. The molecule has 7 nitrogen and oxygen atoms in total. The molecule has 1 amide bonds. The van der Waals surface area contributed by atoms with E-state index in [9.17, 15) is 9.90 Å². The molecule has 1 atom stereocenters. The lowest BCUT2D eigenvalue weighted by molar-refractivity contribution is 0.0750. The first-order chi connectivity index (χ1) is 9.94. The zero-order valence-corrected chi connectivity index (χ0v) is 12.4. The molecule has 0 saturated carbocycles. The molecule has 1 aromatic rings. The molecule has 116 valence electrons. The number of phenols is 1. The van der Waals surface area contributed by atoms with E-state index in [1.807, 2.05) is 6.92 Å². The molecule has 0 radical (unpaired) electrons. The zero-order valence-electron chi connectivity index (χ0n) is 12.4. The number of aromatic hydroxyl groups is 1. The van der Waals surface area contributed by atoms with Gasteiger partial charge in [0.2, 0.25) is 0 Å². The Labute approximate surface area is 123 Å². The van der Waals surface area contributed by atoms with E-state index < -0.39 is 0 Å². The van der Waals surface area contributed by atoms with Crippen LogP contribution in [0.4, 0.5) is 0 Å². The minimum Gasteiger partial charge on any atom is -0.507 e. The minimum absolute atomic E-state index is 0.0557. The lowest BCUT2D eigenvalue weighted by Gasteiger charge is -2.24. The highest BCUT2D eigenvalue weighted by atomic mass is 16.5. The van der Waals surface area contributed by atoms with Gasteiger partial charge in [-0.2, -0.15) is 0 Å². The third kappa shape index (κ3) is 4.01. The Balaban J connectivity index is 2.93. The van der Waals surface area contributed by atoms with Crippen molar-refractivity contribution in [1.29, 1.82) is 0 Å². The van der Waals surface area contributed by atoms with Gasteiger partial charge in [-0.15, -0.1) is 0 Å². The van der Waals surface area contributed by atoms with Crippen molar-refractivity contribution in [2.75, 3.05) is 20.2 Å². The molecule has 0 aliphatic carbocycles. The number of carbonyl (C=O) groups is 1. The Morgan fingerprint density at radius 2 is 2.19 bits per heavy atom. The summed E-state index contributed by atoms with van der Waals surface area (Å²) in [6, 6.07) is 4.50. The molecular weight excluding hydrogens is 274 g/mol. The van der Waals surface area contributed by atoms with E-state index in [1.165, 1.54) is 24.1 Å². The molecule has 0 aliphatic rings. The summed E-state index contributed by atoms with van der Waals surface area (Å²) < 4.78 is 4.98. The molecule has 1 aromatic carbocycles. The molecule has 0 saturated heterocycles. The summed E-state index contributed by atoms with van der Waals surface area (Å²) in [6.07, 6.45) is 0. The smallest absolute Gasteiger partial charge is 0.257 e. The molecule has 0 heterocycles. The molecule has 21 heavy (non-hydrogen) atoms. The number of amidine groups is 1. The van der Waals surface area contributed by atoms with Crippen molar-refractivity contribution in [3.05, 3.63) is 23.8 Å². The molecule has 1 unspecified atom stereocenters. The number of nitrogens with two attached hydrogens (primary N) is 1. The summed E-state index contributed by atoms with van der Waals surface area (Å²) in [4.78, 5) is 13.9. The van der Waals surface area contributed by atoms with E-state index in [4.69, 9.17) is 15.7 Å². The first-order valence-corrected chi connectivity index (χ1v) is 6.58. The Kier molecular flexibility index (Phi) is 5.83. The second-order valence-electron chi connectivity index (χ2n) is 4.65. The summed E-state index contributed by atoms with van der Waals surface area (Å²) in [5.41, 5.74) is 5.71. The molecule has 0 aliphatic heterocycles. The van der Waals surface area contributed by atoms with Crippen molar-refractivity contribution in [3.8, 4) is 11.5 Å². The molecule has 0 spiro atoms. The van der Waals surface area contributed by atoms with Crippen LogP contribution in [0.1, 0.15) is 24.2 Å². The number of nitrogens with zero attached hydrogens (tertiary/aromatic N) is 2. The van der Waals surface area contributed by atoms with Crippen LogP contribution in [-0.4, -0.2) is 47.2 Å². The van der Waals surface area contributed by atoms with Crippen LogP contribution in [0.3, 0.4) is 0 Å². The van der Waals surface area contributed by atoms with Crippen LogP contribution in [0.15, 0.2) is 23.4 Å². The van der Waals surface area contributed by atoms with Crippen LogP contribution in [0.25, 0.3) is 0 Å². The Morgan fingerprint density at radius 3 is 2.67 bits per heavy atom. The maximum atomic E-state index is 12.4. The SMILES string of the molecule is CCN(CC(C)C(N)=NO)C(=O)c1ccc(OC)cc1O. The van der Waals surface area contributed by atoms with Gasteiger partial charge >= 0.3 is 0 Å². The van der Waals surface area contributed by atoms with Crippen LogP contribution >= 0.6 is 0 Å². The number of amides is 1. The predicted octanol–water partition coefficient (Wildman–Crippen LogP) is 1.25. The van der Waals surface area contributed by atoms with Gasteiger partial charge in [-0.05, 0) is 19.1 Å². The van der Waals surface area contributed by atoms with Crippen molar-refractivity contribution in [1.82, 2.24) is 4.90 Å². The number of carbonyl (C=O) groups excluding carboxylic acids is 1. The lowest BCUT2D eigenvalue weighted by atomic mass is 10.1. The maximum Gasteiger partial charge on any atom is 0.257 e. The molecule has 0 aromatic heterocycles. The normalized spacial score (nSPS) is 12.8. The van der Waals surface area contributed by atoms with Gasteiger partial charge in [-0.1, -0.05) is 12.1 Å². The second-order valence-corrected chi connectivity index (χ2v) is 4.65. The predicted molar refractivity (Wildman–Crippen MR) is 78.8 cm³/mol. The van der Waals surface area contributed by atoms with Gasteiger partial charge in [-0.25, -0.2) is 0 Å². The minimum atomic E-state index is -0.324. The van der Waals surface area contributed by atoms with Gasteiger partial charge in [0.1, 0.15) is 17.3 Å². The quantitative estimate of drug-likeness (QED) is 0.317. The highest BCUT2D eigenvalue weighted by molar-refractivity contribution is 5.97. The molecular formula is C14H21N3O4. The maximum absolute atomic E-state index is 12.4. The van der Waals surface area contributed by atoms with E-state index >= 15 is 0 Å². The van der Waals surface area contributed by atoms with Crippen LogP contribution in [0.2, 0.25) is 0 Å². The van der Waals surface area contributed by atoms with Gasteiger partial charge in [0.25, 0.3) is 5.91 Å². The fourth-order valence-electron chi connectivity index (χ4n) is 1.87. The topological polar surface area (TPSA) is 108 Å². The Morgan fingerprint density at radius 1 is 1.52 bits per heavy atom.